The van der Waals surface area contributed by atoms with E-state index in [-0.39, 0.29) is 0 Å². The third kappa shape index (κ3) is 5.65. The Morgan fingerprint density at radius 1 is 0.812 bits per heavy atom. The quantitative estimate of drug-likeness (QED) is 0.320. The van der Waals surface area contributed by atoms with Crippen molar-refractivity contribution in [1.29, 1.82) is 0 Å². The van der Waals surface area contributed by atoms with E-state index in [1.54, 1.807) is 6.42 Å². The van der Waals surface area contributed by atoms with Crippen LogP contribution in [0.4, 0.5) is 0 Å². The van der Waals surface area contributed by atoms with Crippen molar-refractivity contribution in [3.8, 4) is 0 Å². The van der Waals surface area contributed by atoms with Crippen LogP contribution in [0, 0.1) is 76.9 Å². The molecule has 7 atom stereocenters. The SMILES string of the molecule is CC(C)[C@@H]1CC[C@@H](C)C[C@@H]1C1C[CH][CH]C1.CC1(C)C2CCCC2C2CC1C2(C)C.[Cl][Ti][Cl]. The van der Waals surface area contributed by atoms with Gasteiger partial charge < -0.3 is 0 Å². The molecule has 0 amide bonds. The van der Waals surface area contributed by atoms with Gasteiger partial charge in [-0.1, -0.05) is 61.3 Å². The van der Waals surface area contributed by atoms with Crippen LogP contribution in [0.25, 0.3) is 0 Å². The van der Waals surface area contributed by atoms with E-state index < -0.39 is 17.0 Å². The fourth-order valence-electron chi connectivity index (χ4n) is 9.41. The summed E-state index contributed by atoms with van der Waals surface area (Å²) in [4.78, 5) is 0. The van der Waals surface area contributed by atoms with Crippen LogP contribution in [0.1, 0.15) is 106 Å². The zero-order valence-corrected chi connectivity index (χ0v) is 25.0. The normalized spacial score (nSPS) is 41.5. The minimum absolute atomic E-state index is 0.556. The Morgan fingerprint density at radius 2 is 1.41 bits per heavy atom. The molecule has 0 spiro atoms. The van der Waals surface area contributed by atoms with Crippen molar-refractivity contribution >= 4 is 18.6 Å². The summed E-state index contributed by atoms with van der Waals surface area (Å²) >= 11 is -0.556. The van der Waals surface area contributed by atoms with Crippen molar-refractivity contribution in [3.05, 3.63) is 12.8 Å². The van der Waals surface area contributed by atoms with Gasteiger partial charge in [-0.3, -0.25) is 0 Å². The summed E-state index contributed by atoms with van der Waals surface area (Å²) in [7, 11) is 9.78. The van der Waals surface area contributed by atoms with Crippen LogP contribution in [0.5, 0.6) is 0 Å². The van der Waals surface area contributed by atoms with Gasteiger partial charge in [-0.2, -0.15) is 0 Å². The van der Waals surface area contributed by atoms with Crippen LogP contribution in [-0.4, -0.2) is 0 Å². The number of hydrogen-bond acceptors (Lipinski definition) is 0. The van der Waals surface area contributed by atoms with Crippen LogP contribution in [-0.2, 0) is 17.0 Å². The van der Waals surface area contributed by atoms with E-state index in [0.717, 1.165) is 53.3 Å². The topological polar surface area (TPSA) is 0 Å². The van der Waals surface area contributed by atoms with Gasteiger partial charge in [0.05, 0.1) is 0 Å². The Balaban J connectivity index is 0.000000161. The predicted octanol–water partition coefficient (Wildman–Crippen LogP) is 9.99. The second-order valence-electron chi connectivity index (χ2n) is 13.5. The number of halogens is 2. The molecule has 32 heavy (non-hydrogen) atoms. The molecule has 6 rings (SSSR count). The molecule has 6 aliphatic rings. The molecule has 184 valence electrons. The van der Waals surface area contributed by atoms with E-state index in [0.29, 0.717) is 10.8 Å². The molecular weight excluding hydrogens is 467 g/mol. The van der Waals surface area contributed by atoms with Crippen LogP contribution in [0.2, 0.25) is 0 Å². The van der Waals surface area contributed by atoms with Crippen LogP contribution in [0.3, 0.4) is 0 Å². The van der Waals surface area contributed by atoms with E-state index >= 15 is 0 Å². The molecule has 0 aromatic heterocycles. The Hall–Kier alpha value is 1.29. The maximum atomic E-state index is 4.89. The molecule has 6 saturated carbocycles. The van der Waals surface area contributed by atoms with Crippen LogP contribution < -0.4 is 0 Å². The van der Waals surface area contributed by atoms with Gasteiger partial charge in [-0.05, 0) is 122 Å². The summed E-state index contributed by atoms with van der Waals surface area (Å²) in [5.41, 5.74) is 1.30. The first-order valence-electron chi connectivity index (χ1n) is 13.7. The van der Waals surface area contributed by atoms with Gasteiger partial charge in [-0.15, -0.1) is 0 Å². The molecule has 0 N–H and O–H groups in total. The van der Waals surface area contributed by atoms with E-state index in [1.807, 2.05) is 0 Å². The average molecular weight is 517 g/mol. The third-order valence-electron chi connectivity index (χ3n) is 11.0. The molecule has 6 aliphatic carbocycles. The molecule has 0 saturated heterocycles. The molecule has 6 fully saturated rings. The third-order valence-corrected chi connectivity index (χ3v) is 11.0. The van der Waals surface area contributed by atoms with Gasteiger partial charge in [0.1, 0.15) is 0 Å². The van der Waals surface area contributed by atoms with Gasteiger partial charge in [0.15, 0.2) is 0 Å². The Morgan fingerprint density at radius 3 is 1.97 bits per heavy atom. The van der Waals surface area contributed by atoms with Crippen molar-refractivity contribution in [1.82, 2.24) is 0 Å². The Bertz CT molecular complexity index is 576. The first kappa shape index (κ1) is 27.9. The van der Waals surface area contributed by atoms with E-state index in [4.69, 9.17) is 18.6 Å². The van der Waals surface area contributed by atoms with Crippen LogP contribution >= 0.6 is 18.6 Å². The Kier molecular flexibility index (Phi) is 10.1. The van der Waals surface area contributed by atoms with Crippen molar-refractivity contribution in [2.24, 2.45) is 64.1 Å². The molecule has 0 heterocycles. The maximum absolute atomic E-state index is 4.89. The fourth-order valence-corrected chi connectivity index (χ4v) is 9.41. The van der Waals surface area contributed by atoms with Crippen molar-refractivity contribution < 1.29 is 17.0 Å². The monoisotopic (exact) mass is 516 g/mol. The predicted molar refractivity (Wildman–Crippen MR) is 138 cm³/mol. The molecule has 4 unspecified atom stereocenters. The zero-order chi connectivity index (χ0) is 23.7. The second-order valence-corrected chi connectivity index (χ2v) is 16.1. The summed E-state index contributed by atoms with van der Waals surface area (Å²) in [5.74, 6) is 9.13. The summed E-state index contributed by atoms with van der Waals surface area (Å²) in [6.07, 6.45) is 18.1. The van der Waals surface area contributed by atoms with Gasteiger partial charge in [0.2, 0.25) is 0 Å². The molecule has 3 heteroatoms. The molecule has 0 nitrogen and oxygen atoms in total. The first-order chi connectivity index (χ1) is 15.1. The van der Waals surface area contributed by atoms with Crippen molar-refractivity contribution in [3.63, 3.8) is 0 Å². The average Bonchev–Trinajstić information content (AvgIpc) is 3.40. The molecule has 2 bridgehead atoms. The number of hydrogen-bond donors (Lipinski definition) is 0. The standard InChI is InChI=1S/C15H26.C14H24.2ClH.Ti/c1-11(2)14-9-8-12(3)10-15(14)13-6-4-5-7-13;1-13(2)10-7-5-6-9(10)11-8-12(13)14(11,3)4;;;/h4-5,11-15H,6-10H2,1-3H3;9-12H,5-8H2,1-4H3;2*1H;/q;;;;+2/p-2/t12-,14+,15-;;;;/m1..../s1. The Labute approximate surface area is 217 Å². The van der Waals surface area contributed by atoms with Gasteiger partial charge in [0.25, 0.3) is 0 Å². The van der Waals surface area contributed by atoms with Crippen molar-refractivity contribution in [2.45, 2.75) is 106 Å². The minimum atomic E-state index is -0.556. The molecule has 0 aromatic rings. The van der Waals surface area contributed by atoms with Gasteiger partial charge in [-0.25, -0.2) is 0 Å². The first-order valence-corrected chi connectivity index (χ1v) is 18.0. The van der Waals surface area contributed by atoms with Gasteiger partial charge in [0, 0.05) is 0 Å². The van der Waals surface area contributed by atoms with Crippen molar-refractivity contribution in [2.75, 3.05) is 0 Å². The second kappa shape index (κ2) is 11.6. The summed E-state index contributed by atoms with van der Waals surface area (Å²) in [6.45, 7) is 17.5. The summed E-state index contributed by atoms with van der Waals surface area (Å²) in [5, 5.41) is 0. The molecule has 0 aliphatic heterocycles. The molecule has 2 radical (unpaired) electrons. The molecule has 0 aromatic carbocycles. The van der Waals surface area contributed by atoms with E-state index in [2.05, 4.69) is 61.3 Å². The van der Waals surface area contributed by atoms with E-state index in [1.165, 1.54) is 51.4 Å². The van der Waals surface area contributed by atoms with Gasteiger partial charge >= 0.3 is 35.6 Å². The molecular formula is C29H50Cl2Ti. The summed E-state index contributed by atoms with van der Waals surface area (Å²) < 4.78 is 0. The number of rotatable bonds is 2. The summed E-state index contributed by atoms with van der Waals surface area (Å²) in [6, 6.07) is 0. The fraction of sp³-hybridized carbons (Fsp3) is 0.931. The van der Waals surface area contributed by atoms with E-state index in [9.17, 15) is 0 Å². The zero-order valence-electron chi connectivity index (χ0n) is 22.0. The van der Waals surface area contributed by atoms with Crippen LogP contribution in [0.15, 0.2) is 0 Å².